The van der Waals surface area contributed by atoms with Crippen LogP contribution in [0.2, 0.25) is 0 Å². The monoisotopic (exact) mass is 245 g/mol. The van der Waals surface area contributed by atoms with Crippen molar-refractivity contribution in [3.8, 4) is 0 Å². The summed E-state index contributed by atoms with van der Waals surface area (Å²) in [6.07, 6.45) is 2.41. The van der Waals surface area contributed by atoms with Crippen molar-refractivity contribution < 1.29 is 4.42 Å². The highest BCUT2D eigenvalue weighted by Crippen LogP contribution is 2.18. The zero-order valence-corrected chi connectivity index (χ0v) is 10.7. The molecule has 96 valence electrons. The first-order valence-electron chi connectivity index (χ1n) is 6.58. The van der Waals surface area contributed by atoms with Gasteiger partial charge in [-0.2, -0.15) is 0 Å². The van der Waals surface area contributed by atoms with Gasteiger partial charge in [-0.3, -0.25) is 4.90 Å². The fraction of sp³-hybridized carbons (Fsp3) is 0.500. The summed E-state index contributed by atoms with van der Waals surface area (Å²) in [6.45, 7) is 3.02. The van der Waals surface area contributed by atoms with E-state index in [0.717, 1.165) is 36.6 Å². The van der Waals surface area contributed by atoms with Gasteiger partial charge in [0.05, 0.1) is 6.54 Å². The molecule has 1 fully saturated rings. The molecule has 0 aliphatic carbocycles. The van der Waals surface area contributed by atoms with Crippen molar-refractivity contribution in [2.45, 2.75) is 25.4 Å². The van der Waals surface area contributed by atoms with Gasteiger partial charge < -0.3 is 9.73 Å². The van der Waals surface area contributed by atoms with Crippen LogP contribution < -0.4 is 5.32 Å². The normalized spacial score (nSPS) is 17.7. The Morgan fingerprint density at radius 1 is 1.33 bits per heavy atom. The fourth-order valence-electron chi connectivity index (χ4n) is 2.58. The molecule has 18 heavy (non-hydrogen) atoms. The van der Waals surface area contributed by atoms with Crippen molar-refractivity contribution in [2.24, 2.45) is 0 Å². The highest BCUT2D eigenvalue weighted by Gasteiger charge is 2.19. The van der Waals surface area contributed by atoms with Gasteiger partial charge in [0.1, 0.15) is 5.52 Å². The molecule has 4 nitrogen and oxygen atoms in total. The molecule has 4 heteroatoms. The first kappa shape index (κ1) is 11.7. The molecule has 1 aromatic heterocycles. The number of hydrogen-bond donors (Lipinski definition) is 1. The van der Waals surface area contributed by atoms with Gasteiger partial charge in [-0.25, -0.2) is 4.98 Å². The lowest BCUT2D eigenvalue weighted by molar-refractivity contribution is 0.178. The molecule has 2 aromatic rings. The van der Waals surface area contributed by atoms with E-state index >= 15 is 0 Å². The molecule has 0 saturated carbocycles. The van der Waals surface area contributed by atoms with Crippen molar-refractivity contribution in [3.05, 3.63) is 30.2 Å². The highest BCUT2D eigenvalue weighted by molar-refractivity contribution is 5.72. The Morgan fingerprint density at radius 2 is 2.11 bits per heavy atom. The second-order valence-corrected chi connectivity index (χ2v) is 4.97. The first-order valence-corrected chi connectivity index (χ1v) is 6.58. The van der Waals surface area contributed by atoms with E-state index in [1.807, 2.05) is 24.3 Å². The van der Waals surface area contributed by atoms with E-state index in [0.29, 0.717) is 6.04 Å². The molecule has 1 saturated heterocycles. The summed E-state index contributed by atoms with van der Waals surface area (Å²) in [6, 6.07) is 8.57. The zero-order chi connectivity index (χ0) is 12.4. The van der Waals surface area contributed by atoms with E-state index in [2.05, 4.69) is 22.2 Å². The van der Waals surface area contributed by atoms with Crippen LogP contribution in [0.25, 0.3) is 11.1 Å². The number of aromatic nitrogens is 1. The van der Waals surface area contributed by atoms with Gasteiger partial charge in [0, 0.05) is 6.04 Å². The summed E-state index contributed by atoms with van der Waals surface area (Å²) < 4.78 is 5.76. The van der Waals surface area contributed by atoms with Crippen molar-refractivity contribution in [3.63, 3.8) is 0 Å². The fourth-order valence-corrected chi connectivity index (χ4v) is 2.58. The van der Waals surface area contributed by atoms with E-state index in [1.54, 1.807) is 0 Å². The van der Waals surface area contributed by atoms with Crippen molar-refractivity contribution in [1.29, 1.82) is 0 Å². The molecule has 0 atom stereocenters. The number of rotatable bonds is 3. The smallest absolute Gasteiger partial charge is 0.209 e. The van der Waals surface area contributed by atoms with Gasteiger partial charge in [0.25, 0.3) is 0 Å². The van der Waals surface area contributed by atoms with Crippen LogP contribution in [0.4, 0.5) is 0 Å². The molecule has 1 aliphatic heterocycles. The molecule has 0 radical (unpaired) electrons. The minimum absolute atomic E-state index is 0.640. The molecular formula is C14H19N3O. The van der Waals surface area contributed by atoms with Crippen LogP contribution in [-0.2, 0) is 6.54 Å². The Labute approximate surface area is 107 Å². The van der Waals surface area contributed by atoms with Crippen LogP contribution in [0.3, 0.4) is 0 Å². The molecule has 1 N–H and O–H groups in total. The minimum Gasteiger partial charge on any atom is -0.439 e. The maximum Gasteiger partial charge on any atom is 0.209 e. The second kappa shape index (κ2) is 5.08. The molecular weight excluding hydrogens is 226 g/mol. The van der Waals surface area contributed by atoms with E-state index in [-0.39, 0.29) is 0 Å². The standard InChI is InChI=1S/C14H19N3O/c1-17(11-6-8-15-9-7-11)10-14-16-12-4-2-3-5-13(12)18-14/h2-5,11,15H,6-10H2,1H3. The molecule has 1 aromatic carbocycles. The summed E-state index contributed by atoms with van der Waals surface area (Å²) in [7, 11) is 2.16. The Hall–Kier alpha value is -1.39. The molecule has 0 spiro atoms. The number of hydrogen-bond acceptors (Lipinski definition) is 4. The summed E-state index contributed by atoms with van der Waals surface area (Å²) in [4.78, 5) is 6.88. The highest BCUT2D eigenvalue weighted by atomic mass is 16.3. The van der Waals surface area contributed by atoms with Gasteiger partial charge in [-0.15, -0.1) is 0 Å². The topological polar surface area (TPSA) is 41.3 Å². The number of piperidine rings is 1. The number of fused-ring (bicyclic) bond motifs is 1. The van der Waals surface area contributed by atoms with Crippen LogP contribution in [0.5, 0.6) is 0 Å². The van der Waals surface area contributed by atoms with Gasteiger partial charge in [0.15, 0.2) is 5.58 Å². The third-order valence-corrected chi connectivity index (χ3v) is 3.65. The number of para-hydroxylation sites is 2. The van der Waals surface area contributed by atoms with Crippen LogP contribution in [0, 0.1) is 0 Å². The van der Waals surface area contributed by atoms with E-state index in [1.165, 1.54) is 12.8 Å². The average Bonchev–Trinajstić information content (AvgIpc) is 2.82. The summed E-state index contributed by atoms with van der Waals surface area (Å²) >= 11 is 0. The average molecular weight is 245 g/mol. The van der Waals surface area contributed by atoms with Crippen LogP contribution in [0.15, 0.2) is 28.7 Å². The molecule has 0 unspecified atom stereocenters. The van der Waals surface area contributed by atoms with Crippen LogP contribution in [-0.4, -0.2) is 36.1 Å². The van der Waals surface area contributed by atoms with Crippen molar-refractivity contribution in [2.75, 3.05) is 20.1 Å². The molecule has 0 amide bonds. The van der Waals surface area contributed by atoms with Crippen molar-refractivity contribution in [1.82, 2.24) is 15.2 Å². The van der Waals surface area contributed by atoms with Crippen molar-refractivity contribution >= 4 is 11.1 Å². The predicted molar refractivity (Wildman–Crippen MR) is 71.4 cm³/mol. The number of nitrogens with zero attached hydrogens (tertiary/aromatic N) is 2. The van der Waals surface area contributed by atoms with E-state index < -0.39 is 0 Å². The number of benzene rings is 1. The summed E-state index contributed by atoms with van der Waals surface area (Å²) in [5.74, 6) is 0.817. The maximum atomic E-state index is 5.76. The summed E-state index contributed by atoms with van der Waals surface area (Å²) in [5, 5.41) is 3.39. The lowest BCUT2D eigenvalue weighted by atomic mass is 10.1. The Kier molecular flexibility index (Phi) is 3.30. The van der Waals surface area contributed by atoms with E-state index in [4.69, 9.17) is 4.42 Å². The van der Waals surface area contributed by atoms with Gasteiger partial charge in [0.2, 0.25) is 5.89 Å². The van der Waals surface area contributed by atoms with Gasteiger partial charge in [-0.05, 0) is 45.1 Å². The maximum absolute atomic E-state index is 5.76. The summed E-state index contributed by atoms with van der Waals surface area (Å²) in [5.41, 5.74) is 1.83. The second-order valence-electron chi connectivity index (χ2n) is 4.97. The third kappa shape index (κ3) is 2.40. The SMILES string of the molecule is CN(Cc1nc2ccccc2o1)C1CCNCC1. The molecule has 1 aliphatic rings. The number of nitrogens with one attached hydrogen (secondary N) is 1. The zero-order valence-electron chi connectivity index (χ0n) is 10.7. The largest absolute Gasteiger partial charge is 0.439 e. The Balaban J connectivity index is 1.71. The van der Waals surface area contributed by atoms with Crippen LogP contribution >= 0.6 is 0 Å². The van der Waals surface area contributed by atoms with E-state index in [9.17, 15) is 0 Å². The Morgan fingerprint density at radius 3 is 2.89 bits per heavy atom. The minimum atomic E-state index is 0.640. The quantitative estimate of drug-likeness (QED) is 0.898. The Bertz CT molecular complexity index is 483. The number of oxazole rings is 1. The van der Waals surface area contributed by atoms with Gasteiger partial charge >= 0.3 is 0 Å². The first-order chi connectivity index (χ1) is 8.83. The molecule has 3 rings (SSSR count). The molecule has 0 bridgehead atoms. The lowest BCUT2D eigenvalue weighted by Crippen LogP contribution is -2.40. The van der Waals surface area contributed by atoms with Crippen LogP contribution in [0.1, 0.15) is 18.7 Å². The van der Waals surface area contributed by atoms with Gasteiger partial charge in [-0.1, -0.05) is 12.1 Å². The predicted octanol–water partition coefficient (Wildman–Crippen LogP) is 2.01. The lowest BCUT2D eigenvalue weighted by Gasteiger charge is -2.30. The molecule has 2 heterocycles. The third-order valence-electron chi connectivity index (χ3n) is 3.65.